The van der Waals surface area contributed by atoms with E-state index in [0.717, 1.165) is 56.3 Å². The second-order valence-corrected chi connectivity index (χ2v) is 12.1. The van der Waals surface area contributed by atoms with Crippen molar-refractivity contribution in [3.05, 3.63) is 105 Å². The summed E-state index contributed by atoms with van der Waals surface area (Å²) < 4.78 is 13.0. The fourth-order valence-corrected chi connectivity index (χ4v) is 6.82. The van der Waals surface area contributed by atoms with Crippen molar-refractivity contribution in [3.8, 4) is 11.5 Å². The van der Waals surface area contributed by atoms with Crippen molar-refractivity contribution in [1.82, 2.24) is 4.98 Å². The normalized spacial score (nSPS) is 14.1. The zero-order chi connectivity index (χ0) is 27.9. The van der Waals surface area contributed by atoms with E-state index in [9.17, 15) is 0 Å². The van der Waals surface area contributed by atoms with E-state index in [1.807, 2.05) is 48.7 Å². The van der Waals surface area contributed by atoms with Gasteiger partial charge in [-0.1, -0.05) is 34.1 Å². The quantitative estimate of drug-likeness (QED) is 0.178. The lowest BCUT2D eigenvalue weighted by molar-refractivity contribution is 0.355. The van der Waals surface area contributed by atoms with Crippen molar-refractivity contribution in [2.24, 2.45) is 4.99 Å². The fourth-order valence-electron chi connectivity index (χ4n) is 5.51. The molecule has 0 fully saturated rings. The Morgan fingerprint density at radius 3 is 2.37 bits per heavy atom. The second kappa shape index (κ2) is 10.7. The number of methoxy groups -OCH3 is 2. The van der Waals surface area contributed by atoms with Crippen LogP contribution in [0.5, 0.6) is 11.5 Å². The standard InChI is InChI=1S/C33H27BrN4O2S/c1-39-30-11-4-21(14-31(30)40-2)5-12-33-36-27-8-7-26(16-32(27)41-33)35-17-22-3-9-28-23(13-22)18-37-20-38(28)19-24-15-25(34)6-10-29(24)37/h3-17H,18-20H2,1-2H3/b12-5+,35-17+. The molecule has 0 spiro atoms. The molecular weight excluding hydrogens is 596 g/mol. The number of ether oxygens (including phenoxy) is 2. The van der Waals surface area contributed by atoms with E-state index in [1.54, 1.807) is 25.6 Å². The van der Waals surface area contributed by atoms with E-state index in [1.165, 1.54) is 22.5 Å². The molecule has 2 bridgehead atoms. The molecule has 0 atom stereocenters. The van der Waals surface area contributed by atoms with Crippen LogP contribution in [-0.2, 0) is 13.1 Å². The first-order chi connectivity index (χ1) is 20.1. The molecule has 1 aromatic heterocycles. The maximum absolute atomic E-state index is 5.41. The van der Waals surface area contributed by atoms with Gasteiger partial charge in [0.05, 0.1) is 36.8 Å². The van der Waals surface area contributed by atoms with E-state index < -0.39 is 0 Å². The number of halogens is 1. The van der Waals surface area contributed by atoms with Gasteiger partial charge in [0, 0.05) is 35.2 Å². The minimum Gasteiger partial charge on any atom is -0.493 e. The maximum atomic E-state index is 5.41. The van der Waals surface area contributed by atoms with E-state index in [0.29, 0.717) is 11.5 Å². The van der Waals surface area contributed by atoms with Crippen LogP contribution in [0.4, 0.5) is 17.1 Å². The van der Waals surface area contributed by atoms with E-state index in [2.05, 4.69) is 68.2 Å². The number of benzene rings is 4. The number of aliphatic imine (C=N–C) groups is 1. The van der Waals surface area contributed by atoms with Gasteiger partial charge in [0.15, 0.2) is 11.5 Å². The number of nitrogens with zero attached hydrogens (tertiary/aromatic N) is 4. The van der Waals surface area contributed by atoms with Crippen LogP contribution in [0.15, 0.2) is 82.3 Å². The molecule has 5 aromatic rings. The number of fused-ring (bicyclic) bond motifs is 7. The van der Waals surface area contributed by atoms with Gasteiger partial charge >= 0.3 is 0 Å². The molecule has 7 rings (SSSR count). The summed E-state index contributed by atoms with van der Waals surface area (Å²) in [7, 11) is 3.28. The van der Waals surface area contributed by atoms with E-state index >= 15 is 0 Å². The summed E-state index contributed by atoms with van der Waals surface area (Å²) in [5, 5.41) is 0.940. The lowest BCUT2D eigenvalue weighted by Gasteiger charge is -2.44. The molecule has 0 unspecified atom stereocenters. The molecule has 2 aliphatic heterocycles. The average molecular weight is 624 g/mol. The van der Waals surface area contributed by atoms with Crippen LogP contribution in [0.25, 0.3) is 22.4 Å². The van der Waals surface area contributed by atoms with Crippen LogP contribution in [0.3, 0.4) is 0 Å². The molecule has 4 aromatic carbocycles. The number of thiazole rings is 1. The van der Waals surface area contributed by atoms with Crippen molar-refractivity contribution in [2.75, 3.05) is 30.7 Å². The number of rotatable bonds is 6. The second-order valence-electron chi connectivity index (χ2n) is 10.1. The van der Waals surface area contributed by atoms with Gasteiger partial charge < -0.3 is 19.3 Å². The molecule has 3 heterocycles. The first-order valence-electron chi connectivity index (χ1n) is 13.3. The SMILES string of the molecule is COc1ccc(/C=C/c2nc3ccc(/N=C/c4ccc5c(c4)CN4CN5Cc5cc(Br)ccc54)cc3s2)cc1OC. The van der Waals surface area contributed by atoms with Gasteiger partial charge in [0.2, 0.25) is 0 Å². The van der Waals surface area contributed by atoms with Gasteiger partial charge in [0.1, 0.15) is 5.01 Å². The number of hydrogen-bond acceptors (Lipinski definition) is 7. The van der Waals surface area contributed by atoms with E-state index in [4.69, 9.17) is 19.5 Å². The molecular formula is C33H27BrN4O2S. The summed E-state index contributed by atoms with van der Waals surface area (Å²) in [6.45, 7) is 2.75. The molecule has 0 saturated carbocycles. The van der Waals surface area contributed by atoms with Gasteiger partial charge in [-0.15, -0.1) is 11.3 Å². The molecule has 204 valence electrons. The summed E-state index contributed by atoms with van der Waals surface area (Å²) in [5.41, 5.74) is 9.33. The molecule has 2 aliphatic rings. The van der Waals surface area contributed by atoms with Crippen LogP contribution >= 0.6 is 27.3 Å². The molecule has 0 radical (unpaired) electrons. The highest BCUT2D eigenvalue weighted by atomic mass is 79.9. The highest BCUT2D eigenvalue weighted by molar-refractivity contribution is 9.10. The van der Waals surface area contributed by atoms with Crippen molar-refractivity contribution in [2.45, 2.75) is 13.1 Å². The minimum atomic E-state index is 0.706. The molecule has 0 amide bonds. The monoisotopic (exact) mass is 622 g/mol. The third-order valence-corrected chi connectivity index (χ3v) is 8.94. The fraction of sp³-hybridized carbons (Fsp3) is 0.152. The topological polar surface area (TPSA) is 50.2 Å². The first kappa shape index (κ1) is 25.8. The van der Waals surface area contributed by atoms with Gasteiger partial charge in [-0.05, 0) is 89.0 Å². The summed E-state index contributed by atoms with van der Waals surface area (Å²) in [4.78, 5) is 14.5. The summed E-state index contributed by atoms with van der Waals surface area (Å²) in [6.07, 6.45) is 6.02. The van der Waals surface area contributed by atoms with Crippen LogP contribution in [0, 0.1) is 0 Å². The highest BCUT2D eigenvalue weighted by Gasteiger charge is 2.29. The van der Waals surface area contributed by atoms with Crippen molar-refractivity contribution in [3.63, 3.8) is 0 Å². The van der Waals surface area contributed by atoms with Crippen molar-refractivity contribution in [1.29, 1.82) is 0 Å². The lowest BCUT2D eigenvalue weighted by Crippen LogP contribution is -2.46. The third-order valence-electron chi connectivity index (χ3n) is 7.47. The molecule has 8 heteroatoms. The Bertz CT molecular complexity index is 1850. The van der Waals surface area contributed by atoms with Crippen LogP contribution in [0.2, 0.25) is 0 Å². The predicted molar refractivity (Wildman–Crippen MR) is 173 cm³/mol. The van der Waals surface area contributed by atoms with Gasteiger partial charge in [-0.2, -0.15) is 0 Å². The summed E-state index contributed by atoms with van der Waals surface area (Å²) >= 11 is 5.27. The molecule has 6 nitrogen and oxygen atoms in total. The first-order valence-corrected chi connectivity index (χ1v) is 14.9. The Balaban J connectivity index is 1.08. The zero-order valence-electron chi connectivity index (χ0n) is 22.7. The van der Waals surface area contributed by atoms with Gasteiger partial charge in [-0.25, -0.2) is 4.98 Å². The lowest BCUT2D eigenvalue weighted by atomic mass is 10.0. The molecule has 0 aliphatic carbocycles. The Hall–Kier alpha value is -4.14. The van der Waals surface area contributed by atoms with Crippen LogP contribution < -0.4 is 19.3 Å². The predicted octanol–water partition coefficient (Wildman–Crippen LogP) is 8.29. The van der Waals surface area contributed by atoms with Gasteiger partial charge in [0.25, 0.3) is 0 Å². The summed E-state index contributed by atoms with van der Waals surface area (Å²) in [6, 6.07) is 25.3. The minimum absolute atomic E-state index is 0.706. The Morgan fingerprint density at radius 1 is 0.805 bits per heavy atom. The number of hydrogen-bond donors (Lipinski definition) is 0. The summed E-state index contributed by atoms with van der Waals surface area (Å²) in [5.74, 6) is 1.42. The van der Waals surface area contributed by atoms with Crippen LogP contribution in [-0.4, -0.2) is 32.1 Å². The van der Waals surface area contributed by atoms with Crippen molar-refractivity contribution < 1.29 is 9.47 Å². The molecule has 0 saturated heterocycles. The third kappa shape index (κ3) is 5.09. The Kier molecular flexibility index (Phi) is 6.73. The Morgan fingerprint density at radius 2 is 1.56 bits per heavy atom. The largest absolute Gasteiger partial charge is 0.493 e. The number of aromatic nitrogens is 1. The number of anilines is 2. The maximum Gasteiger partial charge on any atom is 0.161 e. The van der Waals surface area contributed by atoms with Crippen LogP contribution in [0.1, 0.15) is 27.3 Å². The average Bonchev–Trinajstić information content (AvgIpc) is 3.41. The molecule has 0 N–H and O–H groups in total. The smallest absolute Gasteiger partial charge is 0.161 e. The molecule has 41 heavy (non-hydrogen) atoms. The zero-order valence-corrected chi connectivity index (χ0v) is 25.1. The highest BCUT2D eigenvalue weighted by Crippen LogP contribution is 2.39. The van der Waals surface area contributed by atoms with E-state index in [-0.39, 0.29) is 0 Å². The Labute approximate surface area is 251 Å². The van der Waals surface area contributed by atoms with Crippen molar-refractivity contribution >= 4 is 72.9 Å². The van der Waals surface area contributed by atoms with Gasteiger partial charge in [-0.3, -0.25) is 4.99 Å².